The number of carbonyl (C=O) groups excluding carboxylic acids is 1. The van der Waals surface area contributed by atoms with Crippen molar-refractivity contribution >= 4 is 39.1 Å². The van der Waals surface area contributed by atoms with Crippen LogP contribution >= 0.6 is 27.5 Å². The minimum Gasteiger partial charge on any atom is -0.478 e. The summed E-state index contributed by atoms with van der Waals surface area (Å²) in [4.78, 5) is 12.8. The van der Waals surface area contributed by atoms with Gasteiger partial charge in [-0.2, -0.15) is 0 Å². The van der Waals surface area contributed by atoms with Crippen molar-refractivity contribution in [1.29, 1.82) is 0 Å². The number of carbonyl (C=O) groups is 1. The maximum absolute atomic E-state index is 12.8. The van der Waals surface area contributed by atoms with Gasteiger partial charge < -0.3 is 9.47 Å². The highest BCUT2D eigenvalue weighted by Gasteiger charge is 2.52. The van der Waals surface area contributed by atoms with Crippen molar-refractivity contribution in [3.8, 4) is 0 Å². The molecular formula is C18H21BrClNO3. The van der Waals surface area contributed by atoms with Crippen molar-refractivity contribution in [2.75, 3.05) is 13.8 Å². The fourth-order valence-corrected chi connectivity index (χ4v) is 4.58. The molecule has 1 aliphatic heterocycles. The van der Waals surface area contributed by atoms with Gasteiger partial charge in [-0.3, -0.25) is 5.32 Å². The summed E-state index contributed by atoms with van der Waals surface area (Å²) in [6.07, 6.45) is 3.65. The van der Waals surface area contributed by atoms with Gasteiger partial charge in [0.2, 0.25) is 0 Å². The SMILES string of the molecule is CNCOC1=C(c2c(C)cc(Br)c(C)c2Cl)C(=O)OC12CCCC2. The Bertz CT molecular complexity index is 723. The molecule has 1 aromatic rings. The topological polar surface area (TPSA) is 47.6 Å². The number of hydrogen-bond donors (Lipinski definition) is 1. The highest BCUT2D eigenvalue weighted by atomic mass is 79.9. The van der Waals surface area contributed by atoms with Crippen LogP contribution in [0.15, 0.2) is 16.3 Å². The Morgan fingerprint density at radius 3 is 2.67 bits per heavy atom. The van der Waals surface area contributed by atoms with E-state index in [0.29, 0.717) is 23.1 Å². The molecule has 0 unspecified atom stereocenters. The van der Waals surface area contributed by atoms with E-state index in [1.807, 2.05) is 19.9 Å². The van der Waals surface area contributed by atoms with Gasteiger partial charge in [-0.15, -0.1) is 0 Å². The quantitative estimate of drug-likeness (QED) is 0.582. The zero-order valence-corrected chi connectivity index (χ0v) is 16.4. The second kappa shape index (κ2) is 6.70. The first-order chi connectivity index (χ1) is 11.4. The minimum atomic E-state index is -0.625. The Morgan fingerprint density at radius 1 is 1.38 bits per heavy atom. The zero-order chi connectivity index (χ0) is 17.5. The van der Waals surface area contributed by atoms with Gasteiger partial charge in [0.15, 0.2) is 11.4 Å². The lowest BCUT2D eigenvalue weighted by Gasteiger charge is -2.25. The second-order valence-corrected chi connectivity index (χ2v) is 7.66. The molecule has 130 valence electrons. The van der Waals surface area contributed by atoms with E-state index in [1.54, 1.807) is 7.05 Å². The maximum atomic E-state index is 12.8. The Morgan fingerprint density at radius 2 is 2.04 bits per heavy atom. The highest BCUT2D eigenvalue weighted by Crippen LogP contribution is 2.50. The summed E-state index contributed by atoms with van der Waals surface area (Å²) in [5, 5.41) is 3.54. The van der Waals surface area contributed by atoms with Gasteiger partial charge in [-0.1, -0.05) is 27.5 Å². The van der Waals surface area contributed by atoms with E-state index >= 15 is 0 Å². The molecule has 0 bridgehead atoms. The summed E-state index contributed by atoms with van der Waals surface area (Å²) in [6.45, 7) is 4.19. The van der Waals surface area contributed by atoms with Crippen LogP contribution in [0.3, 0.4) is 0 Å². The van der Waals surface area contributed by atoms with E-state index in [-0.39, 0.29) is 5.97 Å². The lowest BCUT2D eigenvalue weighted by atomic mass is 9.92. The van der Waals surface area contributed by atoms with Crippen LogP contribution in [-0.2, 0) is 14.3 Å². The molecule has 0 radical (unpaired) electrons. The molecule has 4 nitrogen and oxygen atoms in total. The number of esters is 1. The van der Waals surface area contributed by atoms with Crippen LogP contribution in [0.4, 0.5) is 0 Å². The van der Waals surface area contributed by atoms with E-state index in [9.17, 15) is 4.79 Å². The van der Waals surface area contributed by atoms with Crippen LogP contribution in [-0.4, -0.2) is 25.3 Å². The number of aryl methyl sites for hydroxylation is 1. The van der Waals surface area contributed by atoms with Crippen molar-refractivity contribution in [1.82, 2.24) is 5.32 Å². The van der Waals surface area contributed by atoms with Crippen molar-refractivity contribution in [2.24, 2.45) is 0 Å². The van der Waals surface area contributed by atoms with Gasteiger partial charge >= 0.3 is 5.97 Å². The molecule has 0 aromatic heterocycles. The fraction of sp³-hybridized carbons (Fsp3) is 0.500. The summed E-state index contributed by atoms with van der Waals surface area (Å²) in [6, 6.07) is 1.98. The molecule has 2 aliphatic rings. The molecule has 1 aliphatic carbocycles. The van der Waals surface area contributed by atoms with E-state index in [4.69, 9.17) is 21.1 Å². The summed E-state index contributed by atoms with van der Waals surface area (Å²) >= 11 is 10.1. The van der Waals surface area contributed by atoms with Gasteiger partial charge in [0.1, 0.15) is 12.3 Å². The third-order valence-corrected chi connectivity index (χ3v) is 6.10. The lowest BCUT2D eigenvalue weighted by molar-refractivity contribution is -0.146. The van der Waals surface area contributed by atoms with Crippen molar-refractivity contribution in [3.05, 3.63) is 38.0 Å². The summed E-state index contributed by atoms with van der Waals surface area (Å²) in [5.74, 6) is 0.292. The summed E-state index contributed by atoms with van der Waals surface area (Å²) < 4.78 is 12.7. The standard InChI is InChI=1S/C18H21BrClNO3/c1-10-8-12(19)11(2)15(20)13(10)14-16(23-9-21-3)18(24-17(14)22)6-4-5-7-18/h8,21H,4-7,9H2,1-3H3. The molecule has 24 heavy (non-hydrogen) atoms. The average Bonchev–Trinajstić information content (AvgIpc) is 3.10. The van der Waals surface area contributed by atoms with Gasteiger partial charge in [0.25, 0.3) is 0 Å². The Hall–Kier alpha value is -1.04. The Labute approximate surface area is 155 Å². The molecule has 1 aromatic carbocycles. The molecule has 0 atom stereocenters. The lowest BCUT2D eigenvalue weighted by Crippen LogP contribution is -2.30. The third kappa shape index (κ3) is 2.76. The van der Waals surface area contributed by atoms with Gasteiger partial charge in [0, 0.05) is 10.0 Å². The normalized spacial score (nSPS) is 19.3. The predicted octanol–water partition coefficient (Wildman–Crippen LogP) is 4.49. The fourth-order valence-electron chi connectivity index (χ4n) is 3.58. The van der Waals surface area contributed by atoms with Crippen LogP contribution in [0, 0.1) is 13.8 Å². The van der Waals surface area contributed by atoms with Crippen molar-refractivity contribution < 1.29 is 14.3 Å². The van der Waals surface area contributed by atoms with E-state index in [2.05, 4.69) is 21.2 Å². The molecule has 0 saturated heterocycles. The van der Waals surface area contributed by atoms with Crippen LogP contribution in [0.1, 0.15) is 42.4 Å². The Balaban J connectivity index is 2.22. The first-order valence-corrected chi connectivity index (χ1v) is 9.29. The predicted molar refractivity (Wildman–Crippen MR) is 97.8 cm³/mol. The summed E-state index contributed by atoms with van der Waals surface area (Å²) in [7, 11) is 1.81. The second-order valence-electron chi connectivity index (χ2n) is 6.43. The minimum absolute atomic E-state index is 0.323. The van der Waals surface area contributed by atoms with E-state index < -0.39 is 5.60 Å². The number of rotatable bonds is 4. The molecule has 1 saturated carbocycles. The monoisotopic (exact) mass is 413 g/mol. The van der Waals surface area contributed by atoms with Crippen molar-refractivity contribution in [3.63, 3.8) is 0 Å². The van der Waals surface area contributed by atoms with Gasteiger partial charge in [-0.05, 0) is 63.8 Å². The molecular weight excluding hydrogens is 394 g/mol. The average molecular weight is 415 g/mol. The first kappa shape index (κ1) is 17.8. The largest absolute Gasteiger partial charge is 0.478 e. The van der Waals surface area contributed by atoms with Crippen LogP contribution in [0.2, 0.25) is 5.02 Å². The van der Waals surface area contributed by atoms with Crippen molar-refractivity contribution in [2.45, 2.75) is 45.1 Å². The Kier molecular flexibility index (Phi) is 4.96. The van der Waals surface area contributed by atoms with Gasteiger partial charge in [-0.25, -0.2) is 4.79 Å². The third-order valence-electron chi connectivity index (χ3n) is 4.80. The maximum Gasteiger partial charge on any atom is 0.343 e. The molecule has 6 heteroatoms. The number of nitrogens with one attached hydrogen (secondary N) is 1. The van der Waals surface area contributed by atoms with Crippen LogP contribution in [0.25, 0.3) is 5.57 Å². The zero-order valence-electron chi connectivity index (χ0n) is 14.1. The van der Waals surface area contributed by atoms with Crippen LogP contribution < -0.4 is 5.32 Å². The molecule has 0 amide bonds. The highest BCUT2D eigenvalue weighted by molar-refractivity contribution is 9.10. The smallest absolute Gasteiger partial charge is 0.343 e. The number of benzene rings is 1. The number of hydrogen-bond acceptors (Lipinski definition) is 4. The molecule has 1 N–H and O–H groups in total. The molecule has 1 heterocycles. The van der Waals surface area contributed by atoms with E-state index in [0.717, 1.165) is 46.8 Å². The van der Waals surface area contributed by atoms with E-state index in [1.165, 1.54) is 0 Å². The first-order valence-electron chi connectivity index (χ1n) is 8.12. The number of halogens is 2. The molecule has 1 spiro atoms. The molecule has 3 rings (SSSR count). The molecule has 1 fully saturated rings. The van der Waals surface area contributed by atoms with Crippen LogP contribution in [0.5, 0.6) is 0 Å². The summed E-state index contributed by atoms with van der Waals surface area (Å²) in [5.41, 5.74) is 2.39. The number of ether oxygens (including phenoxy) is 2. The van der Waals surface area contributed by atoms with Gasteiger partial charge in [0.05, 0.1) is 5.02 Å².